The van der Waals surface area contributed by atoms with E-state index in [2.05, 4.69) is 6.08 Å². The zero-order valence-corrected chi connectivity index (χ0v) is 15.9. The first kappa shape index (κ1) is 18.7. The molecule has 0 amide bonds. The number of hydrogen-bond donors (Lipinski definition) is 3. The van der Waals surface area contributed by atoms with Crippen LogP contribution >= 0.6 is 0 Å². The maximum atomic E-state index is 6.38. The molecule has 1 aliphatic carbocycles. The van der Waals surface area contributed by atoms with Gasteiger partial charge in [0, 0.05) is 17.8 Å². The first-order chi connectivity index (χ1) is 14.0. The number of allylic oxidation sites excluding steroid dienone is 2. The van der Waals surface area contributed by atoms with Crippen LogP contribution in [-0.2, 0) is 0 Å². The summed E-state index contributed by atoms with van der Waals surface area (Å²) in [4.78, 5) is 0. The monoisotopic (exact) mass is 385 g/mol. The molecule has 6 N–H and O–H groups in total. The number of benzene rings is 3. The van der Waals surface area contributed by atoms with Gasteiger partial charge in [0.2, 0.25) is 0 Å². The van der Waals surface area contributed by atoms with E-state index in [0.717, 1.165) is 22.6 Å². The minimum Gasteiger partial charge on any atom is -0.469 e. The predicted octanol–water partition coefficient (Wildman–Crippen LogP) is 4.72. The molecule has 0 aromatic heterocycles. The second kappa shape index (κ2) is 7.73. The van der Waals surface area contributed by atoms with E-state index >= 15 is 0 Å². The molecule has 5 nitrogen and oxygen atoms in total. The van der Waals surface area contributed by atoms with Gasteiger partial charge in [0.1, 0.15) is 17.2 Å². The Labute approximate surface area is 170 Å². The fourth-order valence-electron chi connectivity index (χ4n) is 3.07. The summed E-state index contributed by atoms with van der Waals surface area (Å²) in [6.07, 6.45) is 6.51. The van der Waals surface area contributed by atoms with E-state index in [9.17, 15) is 0 Å². The van der Waals surface area contributed by atoms with Crippen LogP contribution in [0.2, 0.25) is 0 Å². The Balaban J connectivity index is 1.41. The minimum absolute atomic E-state index is 0.562. The lowest BCUT2D eigenvalue weighted by molar-refractivity contribution is 0.130. The Hall–Kier alpha value is -3.70. The largest absolute Gasteiger partial charge is 0.469 e. The van der Waals surface area contributed by atoms with Gasteiger partial charge in [-0.15, -0.1) is 0 Å². The van der Waals surface area contributed by atoms with Crippen molar-refractivity contribution < 1.29 is 9.47 Å². The van der Waals surface area contributed by atoms with Gasteiger partial charge in [-0.05, 0) is 77.9 Å². The maximum Gasteiger partial charge on any atom is 0.181 e. The average Bonchev–Trinajstić information content (AvgIpc) is 2.73. The van der Waals surface area contributed by atoms with Gasteiger partial charge in [0.05, 0.1) is 0 Å². The van der Waals surface area contributed by atoms with Crippen molar-refractivity contribution in [1.29, 1.82) is 0 Å². The summed E-state index contributed by atoms with van der Waals surface area (Å²) in [6, 6.07) is 22.5. The summed E-state index contributed by atoms with van der Waals surface area (Å²) in [7, 11) is 0. The Morgan fingerprint density at radius 3 is 1.72 bits per heavy atom. The maximum absolute atomic E-state index is 6.38. The summed E-state index contributed by atoms with van der Waals surface area (Å²) in [6.45, 7) is 0. The summed E-state index contributed by atoms with van der Waals surface area (Å²) in [5.41, 5.74) is 20.5. The molecule has 0 saturated heterocycles. The third kappa shape index (κ3) is 4.59. The zero-order valence-electron chi connectivity index (χ0n) is 15.9. The molecule has 1 unspecified atom stereocenters. The fraction of sp³-hybridized carbons (Fsp3) is 0.0833. The van der Waals surface area contributed by atoms with Crippen molar-refractivity contribution in [2.75, 3.05) is 11.5 Å². The third-order valence-electron chi connectivity index (χ3n) is 4.68. The third-order valence-corrected chi connectivity index (χ3v) is 4.68. The molecule has 29 heavy (non-hydrogen) atoms. The highest BCUT2D eigenvalue weighted by atomic mass is 16.5. The van der Waals surface area contributed by atoms with Crippen LogP contribution in [0.15, 0.2) is 91.0 Å². The van der Waals surface area contributed by atoms with Crippen molar-refractivity contribution in [3.63, 3.8) is 0 Å². The molecular formula is C24H23N3O2. The smallest absolute Gasteiger partial charge is 0.181 e. The molecule has 0 radical (unpaired) electrons. The number of rotatable bonds is 5. The quantitative estimate of drug-likeness (QED) is 0.436. The van der Waals surface area contributed by atoms with Gasteiger partial charge >= 0.3 is 0 Å². The molecule has 0 heterocycles. The summed E-state index contributed by atoms with van der Waals surface area (Å²) in [5, 5.41) is 0. The average molecular weight is 385 g/mol. The minimum atomic E-state index is -0.877. The number of anilines is 2. The fourth-order valence-corrected chi connectivity index (χ4v) is 3.07. The lowest BCUT2D eigenvalue weighted by Gasteiger charge is -2.29. The molecule has 3 aromatic carbocycles. The topological polar surface area (TPSA) is 96.5 Å². The molecule has 0 bridgehead atoms. The van der Waals surface area contributed by atoms with Crippen molar-refractivity contribution in [3.05, 3.63) is 96.6 Å². The van der Waals surface area contributed by atoms with Gasteiger partial charge in [-0.25, -0.2) is 0 Å². The van der Waals surface area contributed by atoms with Crippen LogP contribution in [-0.4, -0.2) is 5.72 Å². The molecule has 4 rings (SSSR count). The summed E-state index contributed by atoms with van der Waals surface area (Å²) in [5.74, 6) is 2.20. The SMILES string of the molecule is Nc1ccc(Oc2ccc(C3=CCC(N)(Oc4ccc(N)cc4)C=C3)cc2)cc1. The van der Waals surface area contributed by atoms with Crippen LogP contribution in [0.3, 0.4) is 0 Å². The molecule has 3 aromatic rings. The Kier molecular flexibility index (Phi) is 4.97. The van der Waals surface area contributed by atoms with Crippen LogP contribution in [0.1, 0.15) is 12.0 Å². The Bertz CT molecular complexity index is 1040. The van der Waals surface area contributed by atoms with E-state index in [0.29, 0.717) is 23.5 Å². The normalized spacial score (nSPS) is 18.2. The van der Waals surface area contributed by atoms with E-state index in [4.69, 9.17) is 26.7 Å². The van der Waals surface area contributed by atoms with Crippen LogP contribution < -0.4 is 26.7 Å². The molecule has 0 spiro atoms. The lowest BCUT2D eigenvalue weighted by atomic mass is 9.95. The highest BCUT2D eigenvalue weighted by molar-refractivity contribution is 5.75. The number of ether oxygens (including phenoxy) is 2. The van der Waals surface area contributed by atoms with Crippen LogP contribution in [0.5, 0.6) is 17.2 Å². The molecule has 0 aliphatic heterocycles. The number of hydrogen-bond acceptors (Lipinski definition) is 5. The second-order valence-corrected chi connectivity index (χ2v) is 7.02. The van der Waals surface area contributed by atoms with Gasteiger partial charge in [-0.1, -0.05) is 24.3 Å². The zero-order chi connectivity index (χ0) is 20.3. The van der Waals surface area contributed by atoms with E-state index in [-0.39, 0.29) is 0 Å². The van der Waals surface area contributed by atoms with Crippen LogP contribution in [0.25, 0.3) is 5.57 Å². The first-order valence-corrected chi connectivity index (χ1v) is 9.36. The van der Waals surface area contributed by atoms with Crippen molar-refractivity contribution in [3.8, 4) is 17.2 Å². The number of nitrogens with two attached hydrogens (primary N) is 3. The summed E-state index contributed by atoms with van der Waals surface area (Å²) >= 11 is 0. The van der Waals surface area contributed by atoms with Crippen molar-refractivity contribution >= 4 is 16.9 Å². The Morgan fingerprint density at radius 1 is 0.690 bits per heavy atom. The van der Waals surface area contributed by atoms with Gasteiger partial charge in [0.25, 0.3) is 0 Å². The standard InChI is InChI=1S/C24H23N3O2/c25-19-3-9-22(10-4-19)28-21-7-1-17(2-8-21)18-13-15-24(27,16-14-18)29-23-11-5-20(26)6-12-23/h1-15H,16,25-27H2. The van der Waals surface area contributed by atoms with Crippen molar-refractivity contribution in [2.45, 2.75) is 12.1 Å². The molecular weight excluding hydrogens is 362 g/mol. The van der Waals surface area contributed by atoms with Gasteiger partial charge in [0.15, 0.2) is 5.72 Å². The summed E-state index contributed by atoms with van der Waals surface area (Å²) < 4.78 is 11.8. The van der Waals surface area contributed by atoms with Crippen molar-refractivity contribution in [1.82, 2.24) is 0 Å². The van der Waals surface area contributed by atoms with E-state index in [1.165, 1.54) is 0 Å². The van der Waals surface area contributed by atoms with Crippen LogP contribution in [0.4, 0.5) is 11.4 Å². The van der Waals surface area contributed by atoms with E-state index in [1.807, 2.05) is 72.8 Å². The molecule has 1 atom stereocenters. The van der Waals surface area contributed by atoms with Crippen LogP contribution in [0, 0.1) is 0 Å². The highest BCUT2D eigenvalue weighted by Crippen LogP contribution is 2.30. The molecule has 0 saturated carbocycles. The van der Waals surface area contributed by atoms with Gasteiger partial charge in [-0.3, -0.25) is 5.73 Å². The molecule has 5 heteroatoms. The van der Waals surface area contributed by atoms with E-state index in [1.54, 1.807) is 12.1 Å². The Morgan fingerprint density at radius 2 is 1.21 bits per heavy atom. The predicted molar refractivity (Wildman–Crippen MR) is 118 cm³/mol. The molecule has 0 fully saturated rings. The lowest BCUT2D eigenvalue weighted by Crippen LogP contribution is -2.44. The second-order valence-electron chi connectivity index (χ2n) is 7.02. The highest BCUT2D eigenvalue weighted by Gasteiger charge is 2.25. The van der Waals surface area contributed by atoms with Crippen molar-refractivity contribution in [2.24, 2.45) is 5.73 Å². The molecule has 146 valence electrons. The number of nitrogen functional groups attached to an aromatic ring is 2. The first-order valence-electron chi connectivity index (χ1n) is 9.36. The van der Waals surface area contributed by atoms with Gasteiger partial charge in [-0.2, -0.15) is 0 Å². The van der Waals surface area contributed by atoms with Gasteiger partial charge < -0.3 is 20.9 Å². The molecule has 1 aliphatic rings. The van der Waals surface area contributed by atoms with E-state index < -0.39 is 5.72 Å².